The van der Waals surface area contributed by atoms with E-state index in [0.29, 0.717) is 6.54 Å². The van der Waals surface area contributed by atoms with Gasteiger partial charge in [-0.2, -0.15) is 13.2 Å². The molecule has 0 radical (unpaired) electrons. The minimum Gasteiger partial charge on any atom is -0.362 e. The first kappa shape index (κ1) is 11.9. The van der Waals surface area contributed by atoms with Crippen LogP contribution in [-0.2, 0) is 4.74 Å². The maximum atomic E-state index is 12.8. The van der Waals surface area contributed by atoms with Gasteiger partial charge in [-0.05, 0) is 13.8 Å². The molecule has 1 aliphatic rings. The molecule has 14 heavy (non-hydrogen) atoms. The van der Waals surface area contributed by atoms with Crippen LogP contribution in [0.25, 0.3) is 0 Å². The first-order valence-electron chi connectivity index (χ1n) is 4.19. The Morgan fingerprint density at radius 3 is 2.36 bits per heavy atom. The summed E-state index contributed by atoms with van der Waals surface area (Å²) in [6.07, 6.45) is -4.44. The van der Waals surface area contributed by atoms with Crippen molar-refractivity contribution in [3.63, 3.8) is 0 Å². The summed E-state index contributed by atoms with van der Waals surface area (Å²) in [6, 6.07) is 0. The molecule has 2 nitrogen and oxygen atoms in total. The Balaban J connectivity index is 3.09. The largest absolute Gasteiger partial charge is 0.419 e. The lowest BCUT2D eigenvalue weighted by Gasteiger charge is -2.48. The number of ether oxygens (including phenoxy) is 1. The molecule has 1 heterocycles. The molecule has 6 heteroatoms. The normalized spacial score (nSPS) is 39.5. The fourth-order valence-electron chi connectivity index (χ4n) is 1.41. The molecule has 2 atom stereocenters. The van der Waals surface area contributed by atoms with Crippen molar-refractivity contribution in [3.05, 3.63) is 0 Å². The molecule has 0 spiro atoms. The summed E-state index contributed by atoms with van der Waals surface area (Å²) in [5.41, 5.74) is -3.60. The Labute approximate surface area is 85.8 Å². The minimum absolute atomic E-state index is 0.0365. The van der Waals surface area contributed by atoms with Crippen molar-refractivity contribution in [2.45, 2.75) is 31.2 Å². The van der Waals surface area contributed by atoms with Gasteiger partial charge >= 0.3 is 6.18 Å². The molecule has 0 bridgehead atoms. The maximum absolute atomic E-state index is 12.8. The van der Waals surface area contributed by atoms with Gasteiger partial charge in [-0.25, -0.2) is 0 Å². The zero-order valence-corrected chi connectivity index (χ0v) is 8.76. The predicted octanol–water partition coefficient (Wildman–Crippen LogP) is 1.69. The molecular weight excluding hydrogens is 215 g/mol. The first-order valence-corrected chi connectivity index (χ1v) is 4.66. The standard InChI is InChI=1S/C8H12F3NOS/c1-6(5-14)7(2,8(9,10)11)13-4-3-12-6/h5,12H,3-4H2,1-2H3. The van der Waals surface area contributed by atoms with E-state index in [2.05, 4.69) is 17.5 Å². The van der Waals surface area contributed by atoms with E-state index < -0.39 is 17.3 Å². The Morgan fingerprint density at radius 1 is 1.43 bits per heavy atom. The molecule has 0 aromatic carbocycles. The molecule has 1 rings (SSSR count). The molecule has 0 aliphatic carbocycles. The van der Waals surface area contributed by atoms with Gasteiger partial charge in [-0.1, -0.05) is 12.2 Å². The van der Waals surface area contributed by atoms with Crippen LogP contribution in [0.1, 0.15) is 13.8 Å². The fraction of sp³-hybridized carbons (Fsp3) is 0.875. The van der Waals surface area contributed by atoms with Crippen LogP contribution in [0, 0.1) is 0 Å². The predicted molar refractivity (Wildman–Crippen MR) is 50.5 cm³/mol. The molecule has 0 amide bonds. The van der Waals surface area contributed by atoms with Gasteiger partial charge in [0.2, 0.25) is 0 Å². The quantitative estimate of drug-likeness (QED) is 0.689. The molecule has 1 saturated heterocycles. The molecule has 0 saturated carbocycles. The van der Waals surface area contributed by atoms with Crippen LogP contribution in [0.15, 0.2) is 0 Å². The van der Waals surface area contributed by atoms with Gasteiger partial charge in [-0.15, -0.1) is 0 Å². The van der Waals surface area contributed by atoms with E-state index in [0.717, 1.165) is 12.3 Å². The Morgan fingerprint density at radius 2 is 2.00 bits per heavy atom. The highest BCUT2D eigenvalue weighted by atomic mass is 32.1. The third kappa shape index (κ3) is 1.55. The zero-order chi connectivity index (χ0) is 11.0. The number of rotatable bonds is 1. The molecule has 82 valence electrons. The van der Waals surface area contributed by atoms with E-state index in [1.807, 2.05) is 0 Å². The molecule has 1 fully saturated rings. The van der Waals surface area contributed by atoms with Gasteiger partial charge in [0.25, 0.3) is 0 Å². The Kier molecular flexibility index (Phi) is 2.91. The van der Waals surface area contributed by atoms with Gasteiger partial charge in [-0.3, -0.25) is 0 Å². The summed E-state index contributed by atoms with van der Waals surface area (Å²) in [5, 5.41) is 3.82. The molecule has 0 aromatic heterocycles. The van der Waals surface area contributed by atoms with Crippen LogP contribution in [0.4, 0.5) is 13.2 Å². The second-order valence-corrected chi connectivity index (χ2v) is 3.86. The summed E-state index contributed by atoms with van der Waals surface area (Å²) in [5.74, 6) is 0. The van der Waals surface area contributed by atoms with E-state index >= 15 is 0 Å². The number of nitrogens with one attached hydrogen (secondary N) is 1. The van der Waals surface area contributed by atoms with E-state index in [1.165, 1.54) is 6.92 Å². The van der Waals surface area contributed by atoms with Crippen LogP contribution in [0.3, 0.4) is 0 Å². The summed E-state index contributed by atoms with van der Waals surface area (Å²) in [4.78, 5) is 0. The Hall–Kier alpha value is -0.200. The molecule has 2 unspecified atom stereocenters. The van der Waals surface area contributed by atoms with Gasteiger partial charge in [0.15, 0.2) is 5.60 Å². The average molecular weight is 227 g/mol. The van der Waals surface area contributed by atoms with Crippen molar-refractivity contribution in [2.24, 2.45) is 0 Å². The highest BCUT2D eigenvalue weighted by Gasteiger charge is 2.63. The number of thiocarbonyl (C=S) groups is 1. The van der Waals surface area contributed by atoms with Gasteiger partial charge in [0.1, 0.15) is 0 Å². The molecule has 1 aliphatic heterocycles. The Bertz CT molecular complexity index is 245. The lowest BCUT2D eigenvalue weighted by atomic mass is 9.82. The van der Waals surface area contributed by atoms with E-state index in [1.54, 1.807) is 0 Å². The highest BCUT2D eigenvalue weighted by molar-refractivity contribution is 7.79. The number of hydrogen-bond acceptors (Lipinski definition) is 3. The average Bonchev–Trinajstić information content (AvgIpc) is 2.08. The van der Waals surface area contributed by atoms with E-state index in [-0.39, 0.29) is 6.61 Å². The van der Waals surface area contributed by atoms with Crippen molar-refractivity contribution in [1.82, 2.24) is 5.32 Å². The van der Waals surface area contributed by atoms with Crippen LogP contribution in [0.2, 0.25) is 0 Å². The van der Waals surface area contributed by atoms with E-state index in [9.17, 15) is 13.2 Å². The lowest BCUT2D eigenvalue weighted by molar-refractivity contribution is -0.296. The third-order valence-electron chi connectivity index (χ3n) is 2.75. The van der Waals surface area contributed by atoms with Crippen molar-refractivity contribution in [1.29, 1.82) is 0 Å². The van der Waals surface area contributed by atoms with Crippen LogP contribution < -0.4 is 5.32 Å². The number of morpholine rings is 1. The zero-order valence-electron chi connectivity index (χ0n) is 7.94. The SMILES string of the molecule is CC1(C=S)NCCOC1(C)C(F)(F)F. The van der Waals surface area contributed by atoms with Crippen molar-refractivity contribution < 1.29 is 17.9 Å². The number of halogens is 3. The summed E-state index contributed by atoms with van der Waals surface area (Å²) < 4.78 is 43.2. The number of hydrogen-bond donors (Lipinski definition) is 1. The van der Waals surface area contributed by atoms with Crippen molar-refractivity contribution in [2.75, 3.05) is 13.2 Å². The first-order chi connectivity index (χ1) is 6.27. The van der Waals surface area contributed by atoms with Crippen LogP contribution >= 0.6 is 12.2 Å². The van der Waals surface area contributed by atoms with Crippen LogP contribution in [0.5, 0.6) is 0 Å². The molecule has 0 aromatic rings. The van der Waals surface area contributed by atoms with Gasteiger partial charge in [0.05, 0.1) is 12.1 Å². The fourth-order valence-corrected chi connectivity index (χ4v) is 1.72. The van der Waals surface area contributed by atoms with Crippen molar-refractivity contribution in [3.8, 4) is 0 Å². The second kappa shape index (κ2) is 3.43. The monoisotopic (exact) mass is 227 g/mol. The van der Waals surface area contributed by atoms with Gasteiger partial charge in [0, 0.05) is 11.9 Å². The summed E-state index contributed by atoms with van der Waals surface area (Å²) in [7, 11) is 0. The minimum atomic E-state index is -4.44. The molecular formula is C8H12F3NOS. The van der Waals surface area contributed by atoms with Crippen molar-refractivity contribution >= 4 is 17.6 Å². The third-order valence-corrected chi connectivity index (χ3v) is 3.22. The maximum Gasteiger partial charge on any atom is 0.419 e. The van der Waals surface area contributed by atoms with Gasteiger partial charge < -0.3 is 10.1 Å². The molecule has 1 N–H and O–H groups in total. The lowest BCUT2D eigenvalue weighted by Crippen LogP contribution is -2.71. The topological polar surface area (TPSA) is 21.3 Å². The van der Waals surface area contributed by atoms with Crippen LogP contribution in [-0.4, -0.2) is 35.8 Å². The highest BCUT2D eigenvalue weighted by Crippen LogP contribution is 2.42. The smallest absolute Gasteiger partial charge is 0.362 e. The summed E-state index contributed by atoms with van der Waals surface area (Å²) in [6.45, 7) is 2.82. The number of alkyl halides is 3. The summed E-state index contributed by atoms with van der Waals surface area (Å²) >= 11 is 4.64. The second-order valence-electron chi connectivity index (χ2n) is 3.63. The van der Waals surface area contributed by atoms with E-state index in [4.69, 9.17) is 4.74 Å².